The number of hydrogen-bond acceptors (Lipinski definition) is 7. The highest BCUT2D eigenvalue weighted by Crippen LogP contribution is 2.29. The number of thiophene rings is 1. The Morgan fingerprint density at radius 1 is 1.44 bits per heavy atom. The lowest BCUT2D eigenvalue weighted by Crippen LogP contribution is -2.12. The summed E-state index contributed by atoms with van der Waals surface area (Å²) in [7, 11) is 1.70. The Morgan fingerprint density at radius 2 is 2.28 bits per heavy atom. The van der Waals surface area contributed by atoms with Crippen molar-refractivity contribution in [1.29, 1.82) is 0 Å². The van der Waals surface area contributed by atoms with E-state index < -0.39 is 0 Å². The van der Waals surface area contributed by atoms with Gasteiger partial charge in [-0.1, -0.05) is 0 Å². The van der Waals surface area contributed by atoms with Gasteiger partial charge in [-0.05, 0) is 19.4 Å². The minimum atomic E-state index is 0.429. The smallest absolute Gasteiger partial charge is 0.240 e. The minimum absolute atomic E-state index is 0.429. The van der Waals surface area contributed by atoms with E-state index in [0.29, 0.717) is 5.95 Å². The zero-order valence-corrected chi connectivity index (χ0v) is 11.3. The van der Waals surface area contributed by atoms with Crippen LogP contribution in [0.1, 0.15) is 11.3 Å². The lowest BCUT2D eigenvalue weighted by Gasteiger charge is -2.08. The van der Waals surface area contributed by atoms with E-state index in [9.17, 15) is 0 Å². The number of nitrogens with zero attached hydrogens (tertiary/aromatic N) is 2. The van der Waals surface area contributed by atoms with E-state index in [0.717, 1.165) is 35.6 Å². The lowest BCUT2D eigenvalue weighted by atomic mass is 10.3. The van der Waals surface area contributed by atoms with Crippen LogP contribution in [0.3, 0.4) is 0 Å². The summed E-state index contributed by atoms with van der Waals surface area (Å²) in [6, 6.07) is 2.08. The summed E-state index contributed by atoms with van der Waals surface area (Å²) in [5.74, 6) is 6.62. The lowest BCUT2D eigenvalue weighted by molar-refractivity contribution is 0.198. The van der Waals surface area contributed by atoms with E-state index in [-0.39, 0.29) is 0 Å². The molecule has 0 amide bonds. The number of ether oxygens (including phenoxy) is 1. The summed E-state index contributed by atoms with van der Waals surface area (Å²) < 4.78 is 5.01. The number of hydrazine groups is 1. The molecule has 0 unspecified atom stereocenters. The quantitative estimate of drug-likeness (QED) is 0.420. The first kappa shape index (κ1) is 13.0. The maximum absolute atomic E-state index is 5.37. The molecule has 0 aliphatic carbocycles. The van der Waals surface area contributed by atoms with Gasteiger partial charge in [0.25, 0.3) is 0 Å². The van der Waals surface area contributed by atoms with Gasteiger partial charge in [0, 0.05) is 25.1 Å². The van der Waals surface area contributed by atoms with Crippen molar-refractivity contribution < 1.29 is 4.74 Å². The van der Waals surface area contributed by atoms with E-state index in [1.165, 1.54) is 4.88 Å². The molecule has 2 aromatic heterocycles. The molecule has 2 heterocycles. The van der Waals surface area contributed by atoms with E-state index in [1.54, 1.807) is 18.4 Å². The fourth-order valence-electron chi connectivity index (χ4n) is 1.66. The SMILES string of the molecule is COCCCNc1nc(NN)nc2sc(C)cc12. The first-order valence-corrected chi connectivity index (χ1v) is 6.54. The van der Waals surface area contributed by atoms with E-state index in [2.05, 4.69) is 33.7 Å². The van der Waals surface area contributed by atoms with Crippen LogP contribution >= 0.6 is 11.3 Å². The number of nitrogens with two attached hydrogens (primary N) is 1. The van der Waals surface area contributed by atoms with Crippen molar-refractivity contribution in [2.75, 3.05) is 31.0 Å². The molecule has 0 spiro atoms. The predicted octanol–water partition coefficient (Wildman–Crippen LogP) is 1.73. The average Bonchev–Trinajstić information content (AvgIpc) is 2.74. The van der Waals surface area contributed by atoms with E-state index in [4.69, 9.17) is 10.6 Å². The number of nitrogen functional groups attached to an aromatic ring is 1. The van der Waals surface area contributed by atoms with Crippen LogP contribution in [0.15, 0.2) is 6.07 Å². The van der Waals surface area contributed by atoms with Crippen molar-refractivity contribution in [3.63, 3.8) is 0 Å². The Morgan fingerprint density at radius 3 is 3.00 bits per heavy atom. The Kier molecular flexibility index (Phi) is 4.29. The molecule has 98 valence electrons. The van der Waals surface area contributed by atoms with Gasteiger partial charge in [-0.2, -0.15) is 4.98 Å². The molecule has 0 aliphatic rings. The summed E-state index contributed by atoms with van der Waals surface area (Å²) in [4.78, 5) is 10.8. The summed E-state index contributed by atoms with van der Waals surface area (Å²) in [5.41, 5.74) is 2.49. The topological polar surface area (TPSA) is 85.1 Å². The molecule has 0 saturated heterocycles. The summed E-state index contributed by atoms with van der Waals surface area (Å²) in [5, 5.41) is 4.33. The molecule has 2 aromatic rings. The van der Waals surface area contributed by atoms with Crippen molar-refractivity contribution >= 4 is 33.3 Å². The van der Waals surface area contributed by atoms with Gasteiger partial charge in [0.05, 0.1) is 5.39 Å². The first-order valence-electron chi connectivity index (χ1n) is 5.72. The van der Waals surface area contributed by atoms with E-state index in [1.807, 2.05) is 0 Å². The number of rotatable bonds is 6. The van der Waals surface area contributed by atoms with Crippen molar-refractivity contribution in [3.8, 4) is 0 Å². The molecule has 7 heteroatoms. The normalized spacial score (nSPS) is 10.8. The van der Waals surface area contributed by atoms with Crippen LogP contribution in [0.4, 0.5) is 11.8 Å². The highest BCUT2D eigenvalue weighted by atomic mass is 32.1. The molecule has 2 rings (SSSR count). The van der Waals surface area contributed by atoms with Crippen LogP contribution in [0.5, 0.6) is 0 Å². The molecule has 0 aromatic carbocycles. The Bertz CT molecular complexity index is 527. The zero-order chi connectivity index (χ0) is 13.0. The van der Waals surface area contributed by atoms with Crippen LogP contribution in [0.25, 0.3) is 10.2 Å². The second-order valence-electron chi connectivity index (χ2n) is 3.89. The fourth-order valence-corrected chi connectivity index (χ4v) is 2.54. The fraction of sp³-hybridized carbons (Fsp3) is 0.455. The molecule has 0 atom stereocenters. The summed E-state index contributed by atoms with van der Waals surface area (Å²) in [6.07, 6.45) is 0.927. The van der Waals surface area contributed by atoms with Gasteiger partial charge in [-0.3, -0.25) is 5.43 Å². The Hall–Kier alpha value is -1.44. The predicted molar refractivity (Wildman–Crippen MR) is 74.9 cm³/mol. The zero-order valence-electron chi connectivity index (χ0n) is 10.5. The number of hydrogen-bond donors (Lipinski definition) is 3. The third-order valence-electron chi connectivity index (χ3n) is 2.46. The number of anilines is 2. The number of aromatic nitrogens is 2. The third kappa shape index (κ3) is 2.87. The average molecular weight is 267 g/mol. The number of fused-ring (bicyclic) bond motifs is 1. The van der Waals surface area contributed by atoms with Gasteiger partial charge in [0.2, 0.25) is 5.95 Å². The van der Waals surface area contributed by atoms with Crippen LogP contribution in [-0.4, -0.2) is 30.2 Å². The number of nitrogens with one attached hydrogen (secondary N) is 2. The molecule has 6 nitrogen and oxygen atoms in total. The molecule has 0 aliphatic heterocycles. The molecule has 0 fully saturated rings. The maximum atomic E-state index is 5.37. The Balaban J connectivity index is 2.23. The second-order valence-corrected chi connectivity index (χ2v) is 5.12. The highest BCUT2D eigenvalue weighted by Gasteiger charge is 2.09. The van der Waals surface area contributed by atoms with E-state index >= 15 is 0 Å². The molecule has 18 heavy (non-hydrogen) atoms. The van der Waals surface area contributed by atoms with Gasteiger partial charge in [-0.25, -0.2) is 10.8 Å². The van der Waals surface area contributed by atoms with Gasteiger partial charge in [0.15, 0.2) is 0 Å². The highest BCUT2D eigenvalue weighted by molar-refractivity contribution is 7.18. The molecular formula is C11H17N5OS. The van der Waals surface area contributed by atoms with Crippen molar-refractivity contribution in [2.24, 2.45) is 5.84 Å². The number of methoxy groups -OCH3 is 1. The maximum Gasteiger partial charge on any atom is 0.240 e. The van der Waals surface area contributed by atoms with Gasteiger partial charge in [-0.15, -0.1) is 11.3 Å². The summed E-state index contributed by atoms with van der Waals surface area (Å²) >= 11 is 1.63. The van der Waals surface area contributed by atoms with Crippen molar-refractivity contribution in [2.45, 2.75) is 13.3 Å². The molecule has 0 radical (unpaired) electrons. The molecule has 4 N–H and O–H groups in total. The molecular weight excluding hydrogens is 250 g/mol. The standard InChI is InChI=1S/C11H17N5OS/c1-7-6-8-9(13-4-3-5-17-2)14-11(16-12)15-10(8)18-7/h6H,3-5,12H2,1-2H3,(H2,13,14,15,16). The van der Waals surface area contributed by atoms with Crippen LogP contribution < -0.4 is 16.6 Å². The minimum Gasteiger partial charge on any atom is -0.385 e. The van der Waals surface area contributed by atoms with Gasteiger partial charge >= 0.3 is 0 Å². The van der Waals surface area contributed by atoms with Crippen LogP contribution in [-0.2, 0) is 4.74 Å². The monoisotopic (exact) mass is 267 g/mol. The van der Waals surface area contributed by atoms with Crippen molar-refractivity contribution in [1.82, 2.24) is 9.97 Å². The first-order chi connectivity index (χ1) is 8.74. The van der Waals surface area contributed by atoms with Crippen LogP contribution in [0, 0.1) is 6.92 Å². The van der Waals surface area contributed by atoms with Gasteiger partial charge in [0.1, 0.15) is 10.6 Å². The largest absolute Gasteiger partial charge is 0.385 e. The van der Waals surface area contributed by atoms with Crippen molar-refractivity contribution in [3.05, 3.63) is 10.9 Å². The number of aryl methyl sites for hydroxylation is 1. The van der Waals surface area contributed by atoms with Gasteiger partial charge < -0.3 is 10.1 Å². The molecule has 0 bridgehead atoms. The molecule has 0 saturated carbocycles. The third-order valence-corrected chi connectivity index (χ3v) is 3.41. The second kappa shape index (κ2) is 5.94. The Labute approximate surface area is 110 Å². The van der Waals surface area contributed by atoms with Crippen LogP contribution in [0.2, 0.25) is 0 Å². The summed E-state index contributed by atoms with van der Waals surface area (Å²) in [6.45, 7) is 3.58.